The van der Waals surface area contributed by atoms with Gasteiger partial charge >= 0.3 is 0 Å². The lowest BCUT2D eigenvalue weighted by molar-refractivity contribution is 0.0986. The summed E-state index contributed by atoms with van der Waals surface area (Å²) < 4.78 is 6.74. The number of ether oxygens (including phenoxy) is 1. The lowest BCUT2D eigenvalue weighted by Gasteiger charge is -2.21. The Morgan fingerprint density at radius 1 is 1.10 bits per heavy atom. The van der Waals surface area contributed by atoms with Crippen LogP contribution in [0.1, 0.15) is 29.3 Å². The van der Waals surface area contributed by atoms with Crippen LogP contribution in [0.15, 0.2) is 42.5 Å². The van der Waals surface area contributed by atoms with E-state index >= 15 is 0 Å². The second kappa shape index (κ2) is 10.6. The molecule has 0 fully saturated rings. The van der Waals surface area contributed by atoms with E-state index in [0.717, 1.165) is 34.5 Å². The molecule has 3 rings (SSSR count). The number of halogens is 1. The molecule has 0 saturated heterocycles. The summed E-state index contributed by atoms with van der Waals surface area (Å²) in [5.41, 5.74) is 2.63. The van der Waals surface area contributed by atoms with Crippen molar-refractivity contribution in [2.75, 3.05) is 38.7 Å². The first-order valence-electron chi connectivity index (χ1n) is 9.55. The number of benzene rings is 2. The van der Waals surface area contributed by atoms with Gasteiger partial charge in [-0.1, -0.05) is 35.1 Å². The van der Waals surface area contributed by atoms with Crippen molar-refractivity contribution in [2.24, 2.45) is 0 Å². The maximum absolute atomic E-state index is 13.3. The molecule has 0 aliphatic carbocycles. The summed E-state index contributed by atoms with van der Waals surface area (Å²) >= 11 is 1.53. The Hall–Kier alpha value is -2.15. The minimum Gasteiger partial charge on any atom is -0.492 e. The summed E-state index contributed by atoms with van der Waals surface area (Å²) in [5, 5.41) is 0.714. The van der Waals surface area contributed by atoms with Gasteiger partial charge in [0.15, 0.2) is 5.13 Å². The molecule has 1 aromatic heterocycles. The molecule has 156 valence electrons. The van der Waals surface area contributed by atoms with Crippen molar-refractivity contribution in [3.8, 4) is 5.75 Å². The average Bonchev–Trinajstić information content (AvgIpc) is 3.10. The van der Waals surface area contributed by atoms with Gasteiger partial charge in [0.2, 0.25) is 0 Å². The van der Waals surface area contributed by atoms with Crippen LogP contribution in [0.25, 0.3) is 10.2 Å². The van der Waals surface area contributed by atoms with E-state index in [9.17, 15) is 4.79 Å². The Labute approximate surface area is 182 Å². The van der Waals surface area contributed by atoms with Crippen LogP contribution in [-0.4, -0.2) is 49.6 Å². The number of amides is 1. The van der Waals surface area contributed by atoms with Gasteiger partial charge in [0.1, 0.15) is 11.3 Å². The first kappa shape index (κ1) is 23.1. The Bertz CT molecular complexity index is 941. The van der Waals surface area contributed by atoms with Crippen LogP contribution in [0.4, 0.5) is 5.13 Å². The lowest BCUT2D eigenvalue weighted by atomic mass is 10.1. The molecular formula is C22H28ClN3O2S. The van der Waals surface area contributed by atoms with Crippen LogP contribution in [0.5, 0.6) is 5.75 Å². The molecule has 2 aromatic carbocycles. The number of carbonyl (C=O) groups excluding carboxylic acids is 1. The molecule has 1 heterocycles. The van der Waals surface area contributed by atoms with E-state index < -0.39 is 0 Å². The molecule has 5 nitrogen and oxygen atoms in total. The van der Waals surface area contributed by atoms with Gasteiger partial charge in [0.05, 0.1) is 11.3 Å². The van der Waals surface area contributed by atoms with Crippen molar-refractivity contribution in [3.63, 3.8) is 0 Å². The molecule has 0 saturated carbocycles. The molecule has 29 heavy (non-hydrogen) atoms. The van der Waals surface area contributed by atoms with Crippen molar-refractivity contribution in [1.29, 1.82) is 0 Å². The number of hydrogen-bond donors (Lipinski definition) is 0. The summed E-state index contributed by atoms with van der Waals surface area (Å²) in [6.45, 7) is 6.09. The third-order valence-electron chi connectivity index (χ3n) is 4.43. The summed E-state index contributed by atoms with van der Waals surface area (Å²) in [6, 6.07) is 13.6. The number of aryl methyl sites for hydroxylation is 1. The molecule has 1 amide bonds. The Morgan fingerprint density at radius 3 is 2.48 bits per heavy atom. The summed E-state index contributed by atoms with van der Waals surface area (Å²) in [4.78, 5) is 22.0. The summed E-state index contributed by atoms with van der Waals surface area (Å²) in [5.74, 6) is 0.745. The maximum Gasteiger partial charge on any atom is 0.260 e. The van der Waals surface area contributed by atoms with Crippen molar-refractivity contribution in [1.82, 2.24) is 9.88 Å². The number of nitrogens with zero attached hydrogens (tertiary/aromatic N) is 3. The number of para-hydroxylation sites is 1. The molecule has 0 bridgehead atoms. The van der Waals surface area contributed by atoms with E-state index in [-0.39, 0.29) is 18.3 Å². The van der Waals surface area contributed by atoms with E-state index in [2.05, 4.69) is 4.90 Å². The number of fused-ring (bicyclic) bond motifs is 1. The smallest absolute Gasteiger partial charge is 0.260 e. The maximum atomic E-state index is 13.3. The number of hydrogen-bond acceptors (Lipinski definition) is 5. The second-order valence-electron chi connectivity index (χ2n) is 7.01. The predicted molar refractivity (Wildman–Crippen MR) is 124 cm³/mol. The van der Waals surface area contributed by atoms with Crippen LogP contribution < -0.4 is 9.64 Å². The Balaban J connectivity index is 0.00000300. The highest BCUT2D eigenvalue weighted by Gasteiger charge is 2.22. The van der Waals surface area contributed by atoms with Crippen molar-refractivity contribution in [3.05, 3.63) is 53.6 Å². The van der Waals surface area contributed by atoms with E-state index in [4.69, 9.17) is 9.72 Å². The SMILES string of the molecule is CCOc1cccc2sc(N(CCCN(C)C)C(=O)c3ccc(C)cc3)nc12.Cl. The van der Waals surface area contributed by atoms with Crippen LogP contribution in [-0.2, 0) is 0 Å². The topological polar surface area (TPSA) is 45.7 Å². The number of carbonyl (C=O) groups is 1. The molecule has 7 heteroatoms. The molecular weight excluding hydrogens is 406 g/mol. The van der Waals surface area contributed by atoms with Gasteiger partial charge in [-0.15, -0.1) is 12.4 Å². The number of aromatic nitrogens is 1. The highest BCUT2D eigenvalue weighted by atomic mass is 35.5. The van der Waals surface area contributed by atoms with Gasteiger partial charge in [0.25, 0.3) is 5.91 Å². The molecule has 0 N–H and O–H groups in total. The van der Waals surface area contributed by atoms with Gasteiger partial charge in [-0.2, -0.15) is 0 Å². The van der Waals surface area contributed by atoms with Gasteiger partial charge in [-0.3, -0.25) is 9.69 Å². The monoisotopic (exact) mass is 433 g/mol. The van der Waals surface area contributed by atoms with Crippen LogP contribution in [0, 0.1) is 6.92 Å². The largest absolute Gasteiger partial charge is 0.492 e. The molecule has 0 aliphatic heterocycles. The summed E-state index contributed by atoms with van der Waals surface area (Å²) in [6.07, 6.45) is 0.874. The molecule has 0 atom stereocenters. The normalized spacial score (nSPS) is 10.8. The average molecular weight is 434 g/mol. The number of anilines is 1. The third-order valence-corrected chi connectivity index (χ3v) is 5.48. The third kappa shape index (κ3) is 5.69. The zero-order valence-corrected chi connectivity index (χ0v) is 19.0. The van der Waals surface area contributed by atoms with Gasteiger partial charge < -0.3 is 9.64 Å². The zero-order chi connectivity index (χ0) is 20.1. The fourth-order valence-electron chi connectivity index (χ4n) is 2.98. The molecule has 0 spiro atoms. The van der Waals surface area contributed by atoms with Crippen LogP contribution in [0.3, 0.4) is 0 Å². The van der Waals surface area contributed by atoms with Crippen molar-refractivity contribution in [2.45, 2.75) is 20.3 Å². The molecule has 0 aliphatic rings. The first-order chi connectivity index (χ1) is 13.5. The van der Waals surface area contributed by atoms with E-state index in [0.29, 0.717) is 23.8 Å². The minimum absolute atomic E-state index is 0. The standard InChI is InChI=1S/C22H27N3O2S.ClH/c1-5-27-18-8-6-9-19-20(18)23-22(28-19)25(15-7-14-24(3)4)21(26)17-12-10-16(2)11-13-17;/h6,8-13H,5,7,14-15H2,1-4H3;1H. The molecule has 0 unspecified atom stereocenters. The van der Waals surface area contributed by atoms with Gasteiger partial charge in [-0.25, -0.2) is 4.98 Å². The first-order valence-corrected chi connectivity index (χ1v) is 10.4. The fourth-order valence-corrected chi connectivity index (χ4v) is 3.99. The predicted octanol–water partition coefficient (Wildman–Crippen LogP) is 5.02. The lowest BCUT2D eigenvalue weighted by Crippen LogP contribution is -2.33. The summed E-state index contributed by atoms with van der Waals surface area (Å²) in [7, 11) is 4.08. The van der Waals surface area contributed by atoms with Crippen molar-refractivity contribution < 1.29 is 9.53 Å². The van der Waals surface area contributed by atoms with Crippen molar-refractivity contribution >= 4 is 45.0 Å². The van der Waals surface area contributed by atoms with Gasteiger partial charge in [0, 0.05) is 12.1 Å². The Morgan fingerprint density at radius 2 is 1.83 bits per heavy atom. The van der Waals surface area contributed by atoms with Crippen LogP contribution >= 0.6 is 23.7 Å². The number of thiazole rings is 1. The number of rotatable bonds is 8. The molecule has 0 radical (unpaired) electrons. The Kier molecular flexibility index (Phi) is 8.44. The van der Waals surface area contributed by atoms with E-state index in [1.165, 1.54) is 11.3 Å². The van der Waals surface area contributed by atoms with Gasteiger partial charge in [-0.05, 0) is 65.2 Å². The minimum atomic E-state index is -0.0178. The zero-order valence-electron chi connectivity index (χ0n) is 17.3. The highest BCUT2D eigenvalue weighted by Crippen LogP contribution is 2.34. The van der Waals surface area contributed by atoms with Crippen LogP contribution in [0.2, 0.25) is 0 Å². The second-order valence-corrected chi connectivity index (χ2v) is 8.02. The fraction of sp³-hybridized carbons (Fsp3) is 0.364. The van der Waals surface area contributed by atoms with E-state index in [1.807, 2.05) is 70.4 Å². The highest BCUT2D eigenvalue weighted by molar-refractivity contribution is 7.22. The quantitative estimate of drug-likeness (QED) is 0.500. The molecule has 3 aromatic rings. The van der Waals surface area contributed by atoms with E-state index in [1.54, 1.807) is 4.90 Å².